The Morgan fingerprint density at radius 1 is 1.29 bits per heavy atom. The topological polar surface area (TPSA) is 113 Å². The summed E-state index contributed by atoms with van der Waals surface area (Å²) in [6.45, 7) is 0.916. The second-order valence-corrected chi connectivity index (χ2v) is 8.26. The first-order valence-corrected chi connectivity index (χ1v) is 11.0. The summed E-state index contributed by atoms with van der Waals surface area (Å²) >= 11 is 1.67. The lowest BCUT2D eigenvalue weighted by Crippen LogP contribution is -2.32. The second-order valence-electron chi connectivity index (χ2n) is 7.15. The van der Waals surface area contributed by atoms with Gasteiger partial charge in [-0.1, -0.05) is 12.1 Å². The predicted molar refractivity (Wildman–Crippen MR) is 122 cm³/mol. The summed E-state index contributed by atoms with van der Waals surface area (Å²) in [4.78, 5) is 16.8. The molecule has 1 unspecified atom stereocenters. The van der Waals surface area contributed by atoms with E-state index in [1.54, 1.807) is 43.1 Å². The Labute approximate surface area is 186 Å². The van der Waals surface area contributed by atoms with Crippen molar-refractivity contribution in [1.29, 1.82) is 0 Å². The van der Waals surface area contributed by atoms with E-state index >= 15 is 0 Å². The summed E-state index contributed by atoms with van der Waals surface area (Å²) in [5, 5.41) is 24.2. The van der Waals surface area contributed by atoms with Crippen LogP contribution in [-0.4, -0.2) is 67.4 Å². The molecule has 0 aliphatic carbocycles. The van der Waals surface area contributed by atoms with Gasteiger partial charge in [0.15, 0.2) is 5.84 Å². The molecule has 0 radical (unpaired) electrons. The first-order chi connectivity index (χ1) is 14.9. The number of nitro groups is 1. The molecule has 10 heteroatoms. The Bertz CT molecular complexity index is 839. The lowest BCUT2D eigenvalue weighted by atomic mass is 10.1. The summed E-state index contributed by atoms with van der Waals surface area (Å²) < 4.78 is 10.9. The average molecular weight is 451 g/mol. The van der Waals surface area contributed by atoms with E-state index in [9.17, 15) is 15.2 Å². The molecular weight excluding hydrogens is 420 g/mol. The van der Waals surface area contributed by atoms with E-state index in [1.165, 1.54) is 0 Å². The Morgan fingerprint density at radius 2 is 2.00 bits per heavy atom. The van der Waals surface area contributed by atoms with Gasteiger partial charge in [-0.2, -0.15) is 11.8 Å². The number of ether oxygens (including phenoxy) is 1. The maximum atomic E-state index is 10.9. The number of aliphatic imine (C=N–C) groups is 1. The fraction of sp³-hybridized carbons (Fsp3) is 0.476. The fourth-order valence-corrected chi connectivity index (χ4v) is 3.50. The molecule has 0 saturated carbocycles. The molecule has 0 saturated heterocycles. The molecular formula is C21H30N4O5S. The zero-order chi connectivity index (χ0) is 22.6. The van der Waals surface area contributed by atoms with Crippen molar-refractivity contribution >= 4 is 17.6 Å². The molecule has 0 aliphatic heterocycles. The van der Waals surface area contributed by atoms with Gasteiger partial charge in [0.1, 0.15) is 17.3 Å². The van der Waals surface area contributed by atoms with Gasteiger partial charge in [-0.25, -0.2) is 0 Å². The van der Waals surface area contributed by atoms with Crippen molar-refractivity contribution in [2.75, 3.05) is 46.6 Å². The van der Waals surface area contributed by atoms with Gasteiger partial charge in [0.25, 0.3) is 6.54 Å². The van der Waals surface area contributed by atoms with Crippen LogP contribution in [0.3, 0.4) is 0 Å². The number of thioether (sulfide) groups is 1. The molecule has 1 aromatic heterocycles. The number of aliphatic hydroxyl groups is 1. The van der Waals surface area contributed by atoms with E-state index in [1.807, 2.05) is 31.1 Å². The predicted octanol–water partition coefficient (Wildman–Crippen LogP) is 2.58. The van der Waals surface area contributed by atoms with Gasteiger partial charge < -0.3 is 24.5 Å². The van der Waals surface area contributed by atoms with E-state index in [-0.39, 0.29) is 12.4 Å². The SMILES string of the molecule is COc1ccc(C(O)CN=C(C[N+](=O)[O-])NCCSCc2ccc(CN(C)C)o2)cc1. The van der Waals surface area contributed by atoms with Crippen LogP contribution in [-0.2, 0) is 12.3 Å². The van der Waals surface area contributed by atoms with Crippen LogP contribution in [0.15, 0.2) is 45.8 Å². The highest BCUT2D eigenvalue weighted by molar-refractivity contribution is 7.98. The number of hydrogen-bond acceptors (Lipinski definition) is 8. The summed E-state index contributed by atoms with van der Waals surface area (Å²) in [6.07, 6.45) is -0.848. The Morgan fingerprint density at radius 3 is 2.65 bits per heavy atom. The van der Waals surface area contributed by atoms with E-state index in [0.717, 1.165) is 29.6 Å². The monoisotopic (exact) mass is 450 g/mol. The molecule has 31 heavy (non-hydrogen) atoms. The van der Waals surface area contributed by atoms with Gasteiger partial charge in [0.2, 0.25) is 0 Å². The molecule has 0 bridgehead atoms. The number of benzene rings is 1. The first-order valence-electron chi connectivity index (χ1n) is 9.88. The zero-order valence-corrected chi connectivity index (χ0v) is 18.9. The lowest BCUT2D eigenvalue weighted by molar-refractivity contribution is -0.463. The molecule has 2 N–H and O–H groups in total. The molecule has 1 heterocycles. The Kier molecular flexibility index (Phi) is 10.3. The van der Waals surface area contributed by atoms with Gasteiger partial charge in [-0.05, 0) is 43.9 Å². The van der Waals surface area contributed by atoms with Crippen LogP contribution in [0.2, 0.25) is 0 Å². The highest BCUT2D eigenvalue weighted by Crippen LogP contribution is 2.18. The minimum absolute atomic E-state index is 0.0384. The first kappa shape index (κ1) is 24.7. The maximum absolute atomic E-state index is 10.9. The third-order valence-electron chi connectivity index (χ3n) is 4.24. The van der Waals surface area contributed by atoms with Gasteiger partial charge in [0.05, 0.1) is 32.1 Å². The quantitative estimate of drug-likeness (QED) is 0.157. The molecule has 2 rings (SSSR count). The van der Waals surface area contributed by atoms with Crippen molar-refractivity contribution in [3.8, 4) is 5.75 Å². The van der Waals surface area contributed by atoms with Crippen LogP contribution >= 0.6 is 11.8 Å². The van der Waals surface area contributed by atoms with E-state index in [2.05, 4.69) is 10.3 Å². The standard InChI is InChI=1S/C21H30N4O5S/c1-24(2)13-18-8-9-19(30-18)15-31-11-10-22-21(14-25(27)28)23-12-20(26)16-4-6-17(29-3)7-5-16/h4-9,20,26H,10-15H2,1-3H3,(H,22,23). The second kappa shape index (κ2) is 13.0. The van der Waals surface area contributed by atoms with E-state index in [4.69, 9.17) is 9.15 Å². The van der Waals surface area contributed by atoms with Gasteiger partial charge in [0, 0.05) is 17.2 Å². The van der Waals surface area contributed by atoms with Gasteiger partial charge in [-0.3, -0.25) is 15.1 Å². The number of rotatable bonds is 13. The van der Waals surface area contributed by atoms with Crippen molar-refractivity contribution < 1.29 is 19.2 Å². The molecule has 1 atom stereocenters. The molecule has 170 valence electrons. The third kappa shape index (κ3) is 9.41. The van der Waals surface area contributed by atoms with E-state index in [0.29, 0.717) is 17.9 Å². The molecule has 0 spiro atoms. The van der Waals surface area contributed by atoms with Crippen molar-refractivity contribution in [3.63, 3.8) is 0 Å². The number of amidine groups is 1. The number of furan rings is 1. The Hall–Kier alpha value is -2.56. The summed E-state index contributed by atoms with van der Waals surface area (Å²) in [7, 11) is 5.55. The van der Waals surface area contributed by atoms with Crippen molar-refractivity contribution in [3.05, 3.63) is 63.6 Å². The molecule has 0 aliphatic rings. The lowest BCUT2D eigenvalue weighted by Gasteiger charge is -2.11. The van der Waals surface area contributed by atoms with Crippen LogP contribution < -0.4 is 10.1 Å². The largest absolute Gasteiger partial charge is 0.497 e. The molecule has 9 nitrogen and oxygen atoms in total. The minimum atomic E-state index is -0.848. The number of nitrogens with one attached hydrogen (secondary N) is 1. The van der Waals surface area contributed by atoms with Crippen molar-refractivity contribution in [1.82, 2.24) is 10.2 Å². The van der Waals surface area contributed by atoms with Crippen LogP contribution in [0.1, 0.15) is 23.2 Å². The molecule has 0 amide bonds. The average Bonchev–Trinajstić information content (AvgIpc) is 3.17. The zero-order valence-electron chi connectivity index (χ0n) is 18.1. The normalized spacial score (nSPS) is 12.7. The number of methoxy groups -OCH3 is 1. The Balaban J connectivity index is 1.78. The number of nitrogens with zero attached hydrogens (tertiary/aromatic N) is 3. The smallest absolute Gasteiger partial charge is 0.259 e. The van der Waals surface area contributed by atoms with E-state index < -0.39 is 17.6 Å². The van der Waals surface area contributed by atoms with Crippen LogP contribution in [0.25, 0.3) is 0 Å². The number of hydrogen-bond donors (Lipinski definition) is 2. The van der Waals surface area contributed by atoms with Crippen LogP contribution in [0, 0.1) is 10.1 Å². The van der Waals surface area contributed by atoms with Crippen LogP contribution in [0.4, 0.5) is 0 Å². The molecule has 0 fully saturated rings. The number of aliphatic hydroxyl groups excluding tert-OH is 1. The van der Waals surface area contributed by atoms with Gasteiger partial charge >= 0.3 is 0 Å². The highest BCUT2D eigenvalue weighted by atomic mass is 32.2. The van der Waals surface area contributed by atoms with Crippen molar-refractivity contribution in [2.24, 2.45) is 4.99 Å². The summed E-state index contributed by atoms with van der Waals surface area (Å²) in [6, 6.07) is 10.9. The third-order valence-corrected chi connectivity index (χ3v) is 5.23. The molecule has 2 aromatic rings. The van der Waals surface area contributed by atoms with Crippen LogP contribution in [0.5, 0.6) is 5.75 Å². The van der Waals surface area contributed by atoms with Crippen molar-refractivity contribution in [2.45, 2.75) is 18.4 Å². The molecule has 1 aromatic carbocycles. The summed E-state index contributed by atoms with van der Waals surface area (Å²) in [5.74, 6) is 4.24. The maximum Gasteiger partial charge on any atom is 0.259 e. The fourth-order valence-electron chi connectivity index (χ4n) is 2.75. The van der Waals surface area contributed by atoms with Gasteiger partial charge in [-0.15, -0.1) is 0 Å². The minimum Gasteiger partial charge on any atom is -0.497 e. The summed E-state index contributed by atoms with van der Waals surface area (Å²) in [5.41, 5.74) is 0.674. The highest BCUT2D eigenvalue weighted by Gasteiger charge is 2.11.